The lowest BCUT2D eigenvalue weighted by atomic mass is 9.97. The summed E-state index contributed by atoms with van der Waals surface area (Å²) in [4.78, 5) is 3.31. The molecule has 0 saturated carbocycles. The number of hydrogen-bond donors (Lipinski definition) is 1. The molecule has 1 aromatic carbocycles. The predicted molar refractivity (Wildman–Crippen MR) is 83.0 cm³/mol. The topological polar surface area (TPSA) is 20.7 Å². The minimum absolute atomic E-state index is 0.848. The molecule has 19 heavy (non-hydrogen) atoms. The van der Waals surface area contributed by atoms with Crippen LogP contribution in [0.15, 0.2) is 29.8 Å². The molecule has 0 spiro atoms. The van der Waals surface area contributed by atoms with Crippen LogP contribution in [0, 0.1) is 11.7 Å². The molecule has 2 aromatic rings. The maximum atomic E-state index is 5.47. The van der Waals surface area contributed by atoms with Crippen molar-refractivity contribution in [3.63, 3.8) is 0 Å². The van der Waals surface area contributed by atoms with Gasteiger partial charge < -0.3 is 9.55 Å². The Balaban J connectivity index is 1.90. The van der Waals surface area contributed by atoms with Crippen molar-refractivity contribution in [1.82, 2.24) is 9.55 Å². The van der Waals surface area contributed by atoms with Crippen molar-refractivity contribution in [2.75, 3.05) is 0 Å². The first-order valence-electron chi connectivity index (χ1n) is 7.12. The number of fused-ring (bicyclic) bond motifs is 1. The fourth-order valence-electron chi connectivity index (χ4n) is 3.00. The van der Waals surface area contributed by atoms with Crippen molar-refractivity contribution in [2.24, 2.45) is 0 Å². The molecule has 0 fully saturated rings. The quantitative estimate of drug-likeness (QED) is 0.622. The molecule has 3 heteroatoms. The number of nitrogens with zero attached hydrogens (tertiary/aromatic N) is 1. The van der Waals surface area contributed by atoms with Crippen LogP contribution in [0.4, 0.5) is 0 Å². The Hall–Kier alpha value is -1.35. The van der Waals surface area contributed by atoms with Crippen molar-refractivity contribution in [1.29, 1.82) is 0 Å². The van der Waals surface area contributed by atoms with Crippen LogP contribution in [-0.2, 0) is 6.54 Å². The van der Waals surface area contributed by atoms with Gasteiger partial charge in [0.25, 0.3) is 0 Å². The van der Waals surface area contributed by atoms with E-state index in [4.69, 9.17) is 12.2 Å². The summed E-state index contributed by atoms with van der Waals surface area (Å²) in [6.07, 6.45) is 8.80. The molecule has 1 aliphatic rings. The second-order valence-electron chi connectivity index (χ2n) is 5.41. The van der Waals surface area contributed by atoms with Crippen molar-refractivity contribution < 1.29 is 0 Å². The molecule has 1 aromatic heterocycles. The maximum absolute atomic E-state index is 5.47. The van der Waals surface area contributed by atoms with Gasteiger partial charge in [-0.1, -0.05) is 23.8 Å². The minimum Gasteiger partial charge on any atom is -0.331 e. The van der Waals surface area contributed by atoms with Crippen LogP contribution < -0.4 is 0 Å². The first kappa shape index (κ1) is 12.7. The predicted octanol–water partition coefficient (Wildman–Crippen LogP) is 4.90. The third kappa shape index (κ3) is 2.52. The van der Waals surface area contributed by atoms with E-state index in [1.54, 1.807) is 5.57 Å². The van der Waals surface area contributed by atoms with E-state index in [1.807, 2.05) is 0 Å². The van der Waals surface area contributed by atoms with E-state index in [9.17, 15) is 0 Å². The number of rotatable bonds is 3. The molecule has 0 amide bonds. The molecule has 100 valence electrons. The average Bonchev–Trinajstić information content (AvgIpc) is 2.75. The molecule has 2 nitrogen and oxygen atoms in total. The Bertz CT molecular complexity index is 676. The number of aromatic nitrogens is 2. The van der Waals surface area contributed by atoms with Gasteiger partial charge in [-0.05, 0) is 62.9 Å². The maximum Gasteiger partial charge on any atom is 0.178 e. The van der Waals surface area contributed by atoms with Gasteiger partial charge in [0.15, 0.2) is 4.77 Å². The summed E-state index contributed by atoms with van der Waals surface area (Å²) < 4.78 is 3.11. The highest BCUT2D eigenvalue weighted by Gasteiger charge is 2.08. The van der Waals surface area contributed by atoms with Gasteiger partial charge in [0.2, 0.25) is 0 Å². The smallest absolute Gasteiger partial charge is 0.178 e. The van der Waals surface area contributed by atoms with Gasteiger partial charge in [0, 0.05) is 6.54 Å². The zero-order valence-electron chi connectivity index (χ0n) is 11.4. The van der Waals surface area contributed by atoms with Gasteiger partial charge in [-0.2, -0.15) is 0 Å². The zero-order chi connectivity index (χ0) is 13.2. The molecule has 1 N–H and O–H groups in total. The van der Waals surface area contributed by atoms with Crippen molar-refractivity contribution in [2.45, 2.75) is 45.6 Å². The highest BCUT2D eigenvalue weighted by molar-refractivity contribution is 7.71. The lowest BCUT2D eigenvalue weighted by molar-refractivity contribution is 0.629. The van der Waals surface area contributed by atoms with Gasteiger partial charge >= 0.3 is 0 Å². The van der Waals surface area contributed by atoms with Crippen LogP contribution in [0.25, 0.3) is 11.0 Å². The molecule has 0 unspecified atom stereocenters. The highest BCUT2D eigenvalue weighted by Crippen LogP contribution is 2.23. The van der Waals surface area contributed by atoms with E-state index in [-0.39, 0.29) is 0 Å². The third-order valence-corrected chi connectivity index (χ3v) is 4.36. The third-order valence-electron chi connectivity index (χ3n) is 4.04. The van der Waals surface area contributed by atoms with E-state index >= 15 is 0 Å². The molecule has 0 atom stereocenters. The van der Waals surface area contributed by atoms with E-state index in [2.05, 4.69) is 40.7 Å². The number of nitrogens with one attached hydrogen (secondary N) is 1. The molecule has 1 aliphatic carbocycles. The van der Waals surface area contributed by atoms with Gasteiger partial charge in [-0.3, -0.25) is 0 Å². The van der Waals surface area contributed by atoms with Gasteiger partial charge in [-0.15, -0.1) is 0 Å². The number of para-hydroxylation sites is 1. The zero-order valence-corrected chi connectivity index (χ0v) is 12.2. The highest BCUT2D eigenvalue weighted by atomic mass is 32.1. The number of allylic oxidation sites excluding steroid dienone is 2. The molecule has 0 aliphatic heterocycles. The monoisotopic (exact) mass is 272 g/mol. The van der Waals surface area contributed by atoms with E-state index < -0.39 is 0 Å². The first-order valence-corrected chi connectivity index (χ1v) is 7.52. The molecule has 0 radical (unpaired) electrons. The van der Waals surface area contributed by atoms with Crippen molar-refractivity contribution >= 4 is 23.3 Å². The number of aromatic amines is 1. The van der Waals surface area contributed by atoms with E-state index in [0.717, 1.165) is 23.3 Å². The summed E-state index contributed by atoms with van der Waals surface area (Å²) in [5, 5.41) is 0. The second-order valence-corrected chi connectivity index (χ2v) is 5.80. The molecule has 3 rings (SSSR count). The van der Waals surface area contributed by atoms with Gasteiger partial charge in [0.05, 0.1) is 11.0 Å². The summed E-state index contributed by atoms with van der Waals surface area (Å²) in [7, 11) is 0. The van der Waals surface area contributed by atoms with Crippen LogP contribution in [0.1, 0.15) is 37.7 Å². The molecular weight excluding hydrogens is 252 g/mol. The number of benzene rings is 1. The summed E-state index contributed by atoms with van der Waals surface area (Å²) in [6.45, 7) is 3.15. The van der Waals surface area contributed by atoms with Gasteiger partial charge in [0.1, 0.15) is 0 Å². The number of aryl methyl sites for hydroxylation is 2. The van der Waals surface area contributed by atoms with Crippen molar-refractivity contribution in [3.05, 3.63) is 40.2 Å². The average molecular weight is 272 g/mol. The van der Waals surface area contributed by atoms with Crippen molar-refractivity contribution in [3.8, 4) is 0 Å². The Labute approximate surface area is 119 Å². The Morgan fingerprint density at radius 2 is 2.21 bits per heavy atom. The van der Waals surface area contributed by atoms with Gasteiger partial charge in [-0.25, -0.2) is 0 Å². The Morgan fingerprint density at radius 1 is 1.32 bits per heavy atom. The molecule has 1 heterocycles. The number of H-pyrrole nitrogens is 1. The first-order chi connectivity index (χ1) is 9.25. The van der Waals surface area contributed by atoms with E-state index in [0.29, 0.717) is 0 Å². The fourth-order valence-corrected chi connectivity index (χ4v) is 3.30. The minimum atomic E-state index is 0.848. The Kier molecular flexibility index (Phi) is 3.56. The lowest BCUT2D eigenvalue weighted by Gasteiger charge is -2.13. The standard InChI is InChI=1S/C16H20N2S/c1-12-6-5-9-14-15(12)18(16(19)17-14)11-10-13-7-3-2-4-8-13/h5-7,9H,2-4,8,10-11H2,1H3,(H,17,19). The fraction of sp³-hybridized carbons (Fsp3) is 0.438. The number of imidazole rings is 1. The van der Waals surface area contributed by atoms with Crippen LogP contribution >= 0.6 is 12.2 Å². The SMILES string of the molecule is Cc1cccc2[nH]c(=S)n(CCC3=CCCCC3)c12. The molecular formula is C16H20N2S. The van der Waals surface area contributed by atoms with Crippen LogP contribution in [0.5, 0.6) is 0 Å². The lowest BCUT2D eigenvalue weighted by Crippen LogP contribution is -2.02. The van der Waals surface area contributed by atoms with Crippen LogP contribution in [0.2, 0.25) is 0 Å². The summed E-state index contributed by atoms with van der Waals surface area (Å²) in [5.74, 6) is 0. The molecule has 0 bridgehead atoms. The van der Waals surface area contributed by atoms with Crippen LogP contribution in [0.3, 0.4) is 0 Å². The Morgan fingerprint density at radius 3 is 3.00 bits per heavy atom. The normalized spacial score (nSPS) is 15.7. The molecule has 0 saturated heterocycles. The largest absolute Gasteiger partial charge is 0.331 e. The van der Waals surface area contributed by atoms with Crippen LogP contribution in [-0.4, -0.2) is 9.55 Å². The summed E-state index contributed by atoms with van der Waals surface area (Å²) in [6, 6.07) is 6.34. The second kappa shape index (κ2) is 5.33. The van der Waals surface area contributed by atoms with E-state index in [1.165, 1.54) is 36.8 Å². The number of hydrogen-bond acceptors (Lipinski definition) is 1. The summed E-state index contributed by atoms with van der Waals surface area (Å²) in [5.41, 5.74) is 5.32. The summed E-state index contributed by atoms with van der Waals surface area (Å²) >= 11 is 5.47.